The van der Waals surface area contributed by atoms with Gasteiger partial charge in [-0.15, -0.1) is 0 Å². The van der Waals surface area contributed by atoms with Crippen molar-refractivity contribution >= 4 is 5.91 Å². The second-order valence-corrected chi connectivity index (χ2v) is 6.39. The number of likely N-dealkylation sites (tertiary alicyclic amines) is 1. The summed E-state index contributed by atoms with van der Waals surface area (Å²) in [6, 6.07) is 7.83. The van der Waals surface area contributed by atoms with Gasteiger partial charge in [0, 0.05) is 31.4 Å². The first-order valence-corrected chi connectivity index (χ1v) is 8.67. The molecule has 138 valence electrons. The maximum absolute atomic E-state index is 12.9. The molecule has 8 heteroatoms. The first kappa shape index (κ1) is 17.1. The second kappa shape index (κ2) is 7.53. The van der Waals surface area contributed by atoms with E-state index in [2.05, 4.69) is 20.2 Å². The first-order valence-electron chi connectivity index (χ1n) is 8.67. The summed E-state index contributed by atoms with van der Waals surface area (Å²) >= 11 is 0. The van der Waals surface area contributed by atoms with Gasteiger partial charge in [0.15, 0.2) is 0 Å². The molecule has 0 radical (unpaired) electrons. The van der Waals surface area contributed by atoms with Gasteiger partial charge < -0.3 is 9.64 Å². The molecule has 0 saturated carbocycles. The molecule has 1 amide bonds. The third kappa shape index (κ3) is 3.94. The van der Waals surface area contributed by atoms with Crippen LogP contribution in [0.1, 0.15) is 34.2 Å². The Labute approximate surface area is 155 Å². The maximum atomic E-state index is 12.9. The molecule has 1 aliphatic heterocycles. The number of nitrogens with zero attached hydrogens (tertiary/aromatic N) is 4. The van der Waals surface area contributed by atoms with Gasteiger partial charge >= 0.3 is 0 Å². The number of benzene rings is 1. The summed E-state index contributed by atoms with van der Waals surface area (Å²) < 4.78 is 18.5. The van der Waals surface area contributed by atoms with E-state index in [0.29, 0.717) is 31.1 Å². The Morgan fingerprint density at radius 3 is 2.93 bits per heavy atom. The van der Waals surface area contributed by atoms with Crippen LogP contribution in [0.15, 0.2) is 48.9 Å². The van der Waals surface area contributed by atoms with Crippen LogP contribution in [0.4, 0.5) is 4.39 Å². The zero-order valence-corrected chi connectivity index (χ0v) is 14.5. The zero-order valence-electron chi connectivity index (χ0n) is 14.5. The van der Waals surface area contributed by atoms with Crippen molar-refractivity contribution in [1.82, 2.24) is 25.1 Å². The fourth-order valence-corrected chi connectivity index (χ4v) is 3.11. The topological polar surface area (TPSA) is 84.0 Å². The average Bonchev–Trinajstić information content (AvgIpc) is 3.37. The zero-order chi connectivity index (χ0) is 18.6. The number of halogens is 1. The van der Waals surface area contributed by atoms with Crippen LogP contribution in [-0.2, 0) is 6.61 Å². The number of ether oxygens (including phenoxy) is 1. The molecule has 1 atom stereocenters. The smallest absolute Gasteiger partial charge is 0.274 e. The SMILES string of the molecule is O=C(c1cnccn1)N1CCC(c2cc(COc3ccc(F)cc3)[nH]n2)C1. The molecule has 0 spiro atoms. The predicted molar refractivity (Wildman–Crippen MR) is 94.6 cm³/mol. The van der Waals surface area contributed by atoms with Gasteiger partial charge in [-0.05, 0) is 36.8 Å². The summed E-state index contributed by atoms with van der Waals surface area (Å²) in [6.07, 6.45) is 5.38. The van der Waals surface area contributed by atoms with Gasteiger partial charge in [0.1, 0.15) is 23.9 Å². The lowest BCUT2D eigenvalue weighted by Gasteiger charge is -2.15. The van der Waals surface area contributed by atoms with Crippen molar-refractivity contribution in [1.29, 1.82) is 0 Å². The Morgan fingerprint density at radius 2 is 2.15 bits per heavy atom. The number of aromatic amines is 1. The third-order valence-corrected chi connectivity index (χ3v) is 4.53. The van der Waals surface area contributed by atoms with Gasteiger partial charge in [-0.25, -0.2) is 9.37 Å². The van der Waals surface area contributed by atoms with E-state index in [1.165, 1.54) is 24.5 Å². The predicted octanol–water partition coefficient (Wildman–Crippen LogP) is 2.55. The van der Waals surface area contributed by atoms with E-state index in [4.69, 9.17) is 4.74 Å². The van der Waals surface area contributed by atoms with Crippen LogP contribution in [0.2, 0.25) is 0 Å². The molecule has 2 aromatic heterocycles. The van der Waals surface area contributed by atoms with Crippen molar-refractivity contribution in [2.45, 2.75) is 18.9 Å². The van der Waals surface area contributed by atoms with E-state index >= 15 is 0 Å². The summed E-state index contributed by atoms with van der Waals surface area (Å²) in [7, 11) is 0. The minimum absolute atomic E-state index is 0.110. The quantitative estimate of drug-likeness (QED) is 0.749. The van der Waals surface area contributed by atoms with Crippen LogP contribution in [-0.4, -0.2) is 44.1 Å². The van der Waals surface area contributed by atoms with Gasteiger partial charge in [0.2, 0.25) is 0 Å². The van der Waals surface area contributed by atoms with E-state index in [1.54, 1.807) is 23.2 Å². The van der Waals surface area contributed by atoms with E-state index < -0.39 is 0 Å². The van der Waals surface area contributed by atoms with Crippen molar-refractivity contribution in [3.05, 3.63) is 71.8 Å². The summed E-state index contributed by atoms with van der Waals surface area (Å²) in [5.41, 5.74) is 2.09. The highest BCUT2D eigenvalue weighted by molar-refractivity contribution is 5.92. The number of carbonyl (C=O) groups excluding carboxylic acids is 1. The first-order chi connectivity index (χ1) is 13.2. The molecule has 27 heavy (non-hydrogen) atoms. The monoisotopic (exact) mass is 367 g/mol. The molecule has 1 unspecified atom stereocenters. The van der Waals surface area contributed by atoms with Gasteiger partial charge in [-0.2, -0.15) is 5.10 Å². The normalized spacial score (nSPS) is 16.5. The molecule has 1 N–H and O–H groups in total. The molecule has 1 fully saturated rings. The van der Waals surface area contributed by atoms with Gasteiger partial charge in [0.05, 0.1) is 17.6 Å². The molecule has 7 nitrogen and oxygen atoms in total. The van der Waals surface area contributed by atoms with Crippen molar-refractivity contribution in [3.8, 4) is 5.75 Å². The minimum Gasteiger partial charge on any atom is -0.487 e. The highest BCUT2D eigenvalue weighted by Crippen LogP contribution is 2.27. The Hall–Kier alpha value is -3.29. The van der Waals surface area contributed by atoms with Crippen LogP contribution in [0, 0.1) is 5.82 Å². The fraction of sp³-hybridized carbons (Fsp3) is 0.263. The molecule has 0 aliphatic carbocycles. The molecule has 1 aliphatic rings. The van der Waals surface area contributed by atoms with E-state index in [1.807, 2.05) is 6.07 Å². The van der Waals surface area contributed by atoms with Crippen molar-refractivity contribution in [3.63, 3.8) is 0 Å². The molecular formula is C19H18FN5O2. The minimum atomic E-state index is -0.298. The van der Waals surface area contributed by atoms with Crippen molar-refractivity contribution in [2.75, 3.05) is 13.1 Å². The van der Waals surface area contributed by atoms with Gasteiger partial charge in [0.25, 0.3) is 5.91 Å². The van der Waals surface area contributed by atoms with Crippen molar-refractivity contribution < 1.29 is 13.9 Å². The van der Waals surface area contributed by atoms with E-state index in [-0.39, 0.29) is 17.6 Å². The van der Waals surface area contributed by atoms with Crippen LogP contribution in [0.5, 0.6) is 5.75 Å². The lowest BCUT2D eigenvalue weighted by atomic mass is 10.1. The standard InChI is InChI=1S/C19H18FN5O2/c20-14-1-3-16(4-2-14)27-12-15-9-17(24-23-15)13-5-8-25(11-13)19(26)18-10-21-6-7-22-18/h1-4,6-7,9-10,13H,5,8,11-12H2,(H,23,24). The van der Waals surface area contributed by atoms with Gasteiger partial charge in [-0.1, -0.05) is 0 Å². The number of hydrogen-bond donors (Lipinski definition) is 1. The second-order valence-electron chi connectivity index (χ2n) is 6.39. The summed E-state index contributed by atoms with van der Waals surface area (Å²) in [5, 5.41) is 7.33. The summed E-state index contributed by atoms with van der Waals surface area (Å²) in [6.45, 7) is 1.57. The van der Waals surface area contributed by atoms with Crippen LogP contribution in [0.25, 0.3) is 0 Å². The highest BCUT2D eigenvalue weighted by atomic mass is 19.1. The summed E-state index contributed by atoms with van der Waals surface area (Å²) in [4.78, 5) is 22.3. The Balaban J connectivity index is 1.35. The van der Waals surface area contributed by atoms with Crippen LogP contribution >= 0.6 is 0 Å². The number of amides is 1. The summed E-state index contributed by atoms with van der Waals surface area (Å²) in [5.74, 6) is 0.351. The molecule has 1 saturated heterocycles. The number of nitrogens with one attached hydrogen (secondary N) is 1. The highest BCUT2D eigenvalue weighted by Gasteiger charge is 2.30. The number of H-pyrrole nitrogens is 1. The third-order valence-electron chi connectivity index (χ3n) is 4.53. The van der Waals surface area contributed by atoms with Crippen LogP contribution in [0.3, 0.4) is 0 Å². The molecule has 4 rings (SSSR count). The van der Waals surface area contributed by atoms with Crippen molar-refractivity contribution in [2.24, 2.45) is 0 Å². The number of rotatable bonds is 5. The number of carbonyl (C=O) groups is 1. The largest absolute Gasteiger partial charge is 0.487 e. The number of aromatic nitrogens is 4. The van der Waals surface area contributed by atoms with E-state index in [9.17, 15) is 9.18 Å². The molecule has 1 aromatic carbocycles. The number of hydrogen-bond acceptors (Lipinski definition) is 5. The average molecular weight is 367 g/mol. The Kier molecular flexibility index (Phi) is 4.78. The van der Waals surface area contributed by atoms with E-state index in [0.717, 1.165) is 17.8 Å². The van der Waals surface area contributed by atoms with Crippen LogP contribution < -0.4 is 4.74 Å². The molecule has 3 aromatic rings. The lowest BCUT2D eigenvalue weighted by molar-refractivity contribution is 0.0784. The fourth-order valence-electron chi connectivity index (χ4n) is 3.11. The Morgan fingerprint density at radius 1 is 1.30 bits per heavy atom. The molecular weight excluding hydrogens is 349 g/mol. The Bertz CT molecular complexity index is 913. The molecule has 0 bridgehead atoms. The molecule has 3 heterocycles. The maximum Gasteiger partial charge on any atom is 0.274 e. The lowest BCUT2D eigenvalue weighted by Crippen LogP contribution is -2.29. The van der Waals surface area contributed by atoms with Gasteiger partial charge in [-0.3, -0.25) is 14.9 Å².